The molecular formula is C11H18BrNO3S. The van der Waals surface area contributed by atoms with E-state index >= 15 is 0 Å². The van der Waals surface area contributed by atoms with Gasteiger partial charge >= 0.3 is 0 Å². The molecule has 1 unspecified atom stereocenters. The summed E-state index contributed by atoms with van der Waals surface area (Å²) in [6.45, 7) is 5.73. The fraction of sp³-hybridized carbons (Fsp3) is 0.636. The molecule has 0 saturated carbocycles. The molecule has 4 nitrogen and oxygen atoms in total. The standard InChI is InChI=1S/C11H18BrNO3S/c1-8(9-5-6-10(12)16-9)13-7-11(2,3)17(4,14)15/h5-6,8,13H,7H2,1-4H3. The summed E-state index contributed by atoms with van der Waals surface area (Å²) in [6, 6.07) is 3.65. The topological polar surface area (TPSA) is 59.3 Å². The Morgan fingerprint density at radius 1 is 1.47 bits per heavy atom. The summed E-state index contributed by atoms with van der Waals surface area (Å²) in [7, 11) is -3.08. The maximum atomic E-state index is 11.5. The second kappa shape index (κ2) is 5.12. The zero-order valence-corrected chi connectivity index (χ0v) is 12.9. The van der Waals surface area contributed by atoms with Crippen LogP contribution in [0.15, 0.2) is 21.2 Å². The summed E-state index contributed by atoms with van der Waals surface area (Å²) in [6.07, 6.45) is 1.25. The van der Waals surface area contributed by atoms with Crippen LogP contribution in [0.3, 0.4) is 0 Å². The molecule has 0 aliphatic carbocycles. The molecule has 0 bridgehead atoms. The minimum Gasteiger partial charge on any atom is -0.453 e. The van der Waals surface area contributed by atoms with Crippen LogP contribution < -0.4 is 5.32 Å². The Hall–Kier alpha value is -0.330. The van der Waals surface area contributed by atoms with Gasteiger partial charge in [-0.15, -0.1) is 0 Å². The Balaban J connectivity index is 2.63. The van der Waals surface area contributed by atoms with Crippen LogP contribution in [-0.2, 0) is 9.84 Å². The molecule has 0 aromatic carbocycles. The molecule has 1 rings (SSSR count). The molecule has 0 saturated heterocycles. The Kier molecular flexibility index (Phi) is 4.43. The first-order chi connectivity index (χ1) is 7.63. The Bertz CT molecular complexity index is 479. The van der Waals surface area contributed by atoms with Crippen LogP contribution in [0.1, 0.15) is 32.6 Å². The minimum absolute atomic E-state index is 0.0256. The molecule has 1 heterocycles. The minimum atomic E-state index is -3.08. The highest BCUT2D eigenvalue weighted by atomic mass is 79.9. The number of sulfone groups is 1. The van der Waals surface area contributed by atoms with Crippen molar-refractivity contribution in [3.63, 3.8) is 0 Å². The second-order valence-corrected chi connectivity index (χ2v) is 8.21. The molecular weight excluding hydrogens is 306 g/mol. The van der Waals surface area contributed by atoms with Crippen molar-refractivity contribution >= 4 is 25.8 Å². The third-order valence-corrected chi connectivity index (χ3v) is 5.44. The van der Waals surface area contributed by atoms with Gasteiger partial charge in [-0.1, -0.05) is 0 Å². The van der Waals surface area contributed by atoms with Crippen molar-refractivity contribution in [2.75, 3.05) is 12.8 Å². The number of hydrogen-bond acceptors (Lipinski definition) is 4. The van der Waals surface area contributed by atoms with Crippen molar-refractivity contribution in [3.05, 3.63) is 22.6 Å². The molecule has 0 radical (unpaired) electrons. The van der Waals surface area contributed by atoms with Crippen LogP contribution in [-0.4, -0.2) is 26.0 Å². The average molecular weight is 324 g/mol. The third-order valence-electron chi connectivity index (χ3n) is 2.86. The summed E-state index contributed by atoms with van der Waals surface area (Å²) < 4.78 is 28.4. The number of hydrogen-bond donors (Lipinski definition) is 1. The van der Waals surface area contributed by atoms with Crippen molar-refractivity contribution in [2.24, 2.45) is 0 Å². The van der Waals surface area contributed by atoms with E-state index in [9.17, 15) is 8.42 Å². The Morgan fingerprint density at radius 3 is 2.47 bits per heavy atom. The lowest BCUT2D eigenvalue weighted by molar-refractivity contribution is 0.404. The molecule has 1 aromatic rings. The van der Waals surface area contributed by atoms with Gasteiger partial charge < -0.3 is 9.73 Å². The maximum Gasteiger partial charge on any atom is 0.169 e. The summed E-state index contributed by atoms with van der Waals surface area (Å²) in [5.41, 5.74) is 0. The van der Waals surface area contributed by atoms with Crippen LogP contribution in [0.2, 0.25) is 0 Å². The van der Waals surface area contributed by atoms with Gasteiger partial charge in [0.05, 0.1) is 10.8 Å². The van der Waals surface area contributed by atoms with E-state index in [0.29, 0.717) is 11.2 Å². The van der Waals surface area contributed by atoms with Crippen LogP contribution in [0.25, 0.3) is 0 Å². The maximum absolute atomic E-state index is 11.5. The first kappa shape index (κ1) is 14.7. The molecule has 98 valence electrons. The lowest BCUT2D eigenvalue weighted by Gasteiger charge is -2.24. The fourth-order valence-corrected chi connectivity index (χ4v) is 1.86. The smallest absolute Gasteiger partial charge is 0.169 e. The van der Waals surface area contributed by atoms with Gasteiger partial charge in [0.25, 0.3) is 0 Å². The summed E-state index contributed by atoms with van der Waals surface area (Å²) in [4.78, 5) is 0. The third kappa shape index (κ3) is 3.82. The molecule has 17 heavy (non-hydrogen) atoms. The van der Waals surface area contributed by atoms with Crippen molar-refractivity contribution in [3.8, 4) is 0 Å². The second-order valence-electron chi connectivity index (χ2n) is 4.78. The van der Waals surface area contributed by atoms with Crippen LogP contribution in [0.4, 0.5) is 0 Å². The van der Waals surface area contributed by atoms with E-state index in [1.54, 1.807) is 13.8 Å². The van der Waals surface area contributed by atoms with E-state index in [1.807, 2.05) is 19.1 Å². The monoisotopic (exact) mass is 323 g/mol. The van der Waals surface area contributed by atoms with Crippen LogP contribution in [0, 0.1) is 0 Å². The summed E-state index contributed by atoms with van der Waals surface area (Å²) in [5, 5.41) is 3.17. The largest absolute Gasteiger partial charge is 0.453 e. The lowest BCUT2D eigenvalue weighted by atomic mass is 10.2. The first-order valence-corrected chi connectivity index (χ1v) is 8.00. The van der Waals surface area contributed by atoms with Gasteiger partial charge in [-0.25, -0.2) is 8.42 Å². The number of furan rings is 1. The van der Waals surface area contributed by atoms with Crippen molar-refractivity contribution in [1.82, 2.24) is 5.32 Å². The van der Waals surface area contributed by atoms with E-state index in [4.69, 9.17) is 4.42 Å². The van der Waals surface area contributed by atoms with E-state index < -0.39 is 14.6 Å². The Labute approximate surface area is 111 Å². The normalized spacial score (nSPS) is 14.9. The zero-order valence-electron chi connectivity index (χ0n) is 10.5. The fourth-order valence-electron chi connectivity index (χ4n) is 1.19. The highest BCUT2D eigenvalue weighted by molar-refractivity contribution is 9.10. The molecule has 1 N–H and O–H groups in total. The highest BCUT2D eigenvalue weighted by Crippen LogP contribution is 2.21. The molecule has 0 aliphatic heterocycles. The van der Waals surface area contributed by atoms with Crippen LogP contribution in [0.5, 0.6) is 0 Å². The quantitative estimate of drug-likeness (QED) is 0.904. The van der Waals surface area contributed by atoms with E-state index in [0.717, 1.165) is 5.76 Å². The highest BCUT2D eigenvalue weighted by Gasteiger charge is 2.30. The molecule has 1 aromatic heterocycles. The van der Waals surface area contributed by atoms with Crippen molar-refractivity contribution in [2.45, 2.75) is 31.6 Å². The zero-order chi connectivity index (χ0) is 13.3. The predicted octanol–water partition coefficient (Wildman–Crippen LogP) is 2.52. The number of halogens is 1. The van der Waals surface area contributed by atoms with Gasteiger partial charge in [-0.3, -0.25) is 0 Å². The molecule has 0 spiro atoms. The van der Waals surface area contributed by atoms with E-state index in [1.165, 1.54) is 6.26 Å². The molecule has 6 heteroatoms. The molecule has 0 aliphatic rings. The SMILES string of the molecule is CC(NCC(C)(C)S(C)(=O)=O)c1ccc(Br)o1. The lowest BCUT2D eigenvalue weighted by Crippen LogP contribution is -2.42. The summed E-state index contributed by atoms with van der Waals surface area (Å²) in [5.74, 6) is 0.779. The Morgan fingerprint density at radius 2 is 2.06 bits per heavy atom. The van der Waals surface area contributed by atoms with Gasteiger partial charge in [-0.05, 0) is 48.8 Å². The first-order valence-electron chi connectivity index (χ1n) is 5.32. The average Bonchev–Trinajstić information content (AvgIpc) is 2.59. The molecule has 0 fully saturated rings. The molecule has 1 atom stereocenters. The molecule has 0 amide bonds. The number of nitrogens with one attached hydrogen (secondary N) is 1. The van der Waals surface area contributed by atoms with Crippen molar-refractivity contribution < 1.29 is 12.8 Å². The van der Waals surface area contributed by atoms with Gasteiger partial charge in [0.2, 0.25) is 0 Å². The van der Waals surface area contributed by atoms with Gasteiger partial charge in [0.1, 0.15) is 5.76 Å². The van der Waals surface area contributed by atoms with Gasteiger partial charge in [-0.2, -0.15) is 0 Å². The van der Waals surface area contributed by atoms with Crippen molar-refractivity contribution in [1.29, 1.82) is 0 Å². The summed E-state index contributed by atoms with van der Waals surface area (Å²) >= 11 is 3.23. The van der Waals surface area contributed by atoms with E-state index in [2.05, 4.69) is 21.2 Å². The van der Waals surface area contributed by atoms with Gasteiger partial charge in [0.15, 0.2) is 14.5 Å². The van der Waals surface area contributed by atoms with Gasteiger partial charge in [0, 0.05) is 12.8 Å². The van der Waals surface area contributed by atoms with E-state index in [-0.39, 0.29) is 6.04 Å². The number of rotatable bonds is 5. The predicted molar refractivity (Wildman–Crippen MR) is 71.7 cm³/mol. The van der Waals surface area contributed by atoms with Crippen LogP contribution >= 0.6 is 15.9 Å².